The predicted octanol–water partition coefficient (Wildman–Crippen LogP) is 0.917. The highest BCUT2D eigenvalue weighted by Crippen LogP contribution is 2.22. The number of nitrogens with one attached hydrogen (secondary N) is 1. The Hall–Kier alpha value is -2.83. The Labute approximate surface area is 120 Å². The SMILES string of the molecule is CC1(C)OC(=O)C(=CNc2cccc(C(N)=O)c2)C(=O)O1. The van der Waals surface area contributed by atoms with Gasteiger partial charge < -0.3 is 20.5 Å². The van der Waals surface area contributed by atoms with Crippen LogP contribution in [0, 0.1) is 0 Å². The van der Waals surface area contributed by atoms with Crippen molar-refractivity contribution in [1.29, 1.82) is 0 Å². The summed E-state index contributed by atoms with van der Waals surface area (Å²) < 4.78 is 9.89. The molecule has 110 valence electrons. The quantitative estimate of drug-likeness (QED) is 0.487. The van der Waals surface area contributed by atoms with E-state index in [9.17, 15) is 14.4 Å². The molecular formula is C14H14N2O5. The molecule has 2 rings (SSSR count). The zero-order valence-electron chi connectivity index (χ0n) is 11.5. The Kier molecular flexibility index (Phi) is 3.66. The highest BCUT2D eigenvalue weighted by molar-refractivity contribution is 6.15. The summed E-state index contributed by atoms with van der Waals surface area (Å²) in [5, 5.41) is 2.73. The Morgan fingerprint density at radius 1 is 1.24 bits per heavy atom. The van der Waals surface area contributed by atoms with Crippen LogP contribution in [0.15, 0.2) is 36.0 Å². The van der Waals surface area contributed by atoms with Gasteiger partial charge in [-0.25, -0.2) is 9.59 Å². The van der Waals surface area contributed by atoms with Crippen LogP contribution < -0.4 is 11.1 Å². The monoisotopic (exact) mass is 290 g/mol. The lowest BCUT2D eigenvalue weighted by atomic mass is 10.2. The number of primary amides is 1. The Balaban J connectivity index is 2.18. The van der Waals surface area contributed by atoms with Gasteiger partial charge in [0.15, 0.2) is 5.57 Å². The third-order valence-electron chi connectivity index (χ3n) is 2.65. The first-order valence-corrected chi connectivity index (χ1v) is 6.12. The first-order valence-electron chi connectivity index (χ1n) is 6.12. The molecule has 0 spiro atoms. The molecule has 1 aromatic carbocycles. The second-order valence-electron chi connectivity index (χ2n) is 4.83. The molecule has 3 N–H and O–H groups in total. The van der Waals surface area contributed by atoms with Crippen LogP contribution in [0.5, 0.6) is 0 Å². The third kappa shape index (κ3) is 3.38. The van der Waals surface area contributed by atoms with Gasteiger partial charge >= 0.3 is 11.9 Å². The molecule has 0 aliphatic carbocycles. The Morgan fingerprint density at radius 2 is 1.86 bits per heavy atom. The van der Waals surface area contributed by atoms with Gasteiger partial charge in [0.25, 0.3) is 5.79 Å². The molecule has 1 saturated heterocycles. The number of nitrogens with two attached hydrogens (primary N) is 1. The van der Waals surface area contributed by atoms with Gasteiger partial charge in [-0.15, -0.1) is 0 Å². The van der Waals surface area contributed by atoms with Crippen molar-refractivity contribution in [2.45, 2.75) is 19.6 Å². The number of amides is 1. The number of cyclic esters (lactones) is 2. The van der Waals surface area contributed by atoms with E-state index in [1.54, 1.807) is 18.2 Å². The minimum atomic E-state index is -1.28. The molecule has 1 aromatic rings. The molecule has 21 heavy (non-hydrogen) atoms. The topological polar surface area (TPSA) is 108 Å². The van der Waals surface area contributed by atoms with Crippen LogP contribution in [-0.2, 0) is 19.1 Å². The second-order valence-corrected chi connectivity index (χ2v) is 4.83. The van der Waals surface area contributed by atoms with Crippen LogP contribution in [0.4, 0.5) is 5.69 Å². The number of rotatable bonds is 3. The van der Waals surface area contributed by atoms with E-state index in [2.05, 4.69) is 5.32 Å². The number of carbonyl (C=O) groups excluding carboxylic acids is 3. The van der Waals surface area contributed by atoms with Crippen molar-refractivity contribution in [3.05, 3.63) is 41.6 Å². The summed E-state index contributed by atoms with van der Waals surface area (Å²) in [6.07, 6.45) is 1.17. The molecule has 1 fully saturated rings. The molecule has 0 aromatic heterocycles. The molecule has 1 heterocycles. The molecule has 0 saturated carbocycles. The average molecular weight is 290 g/mol. The summed E-state index contributed by atoms with van der Waals surface area (Å²) in [5.74, 6) is -3.42. The molecule has 0 radical (unpaired) electrons. The minimum Gasteiger partial charge on any atom is -0.419 e. The van der Waals surface area contributed by atoms with E-state index in [0.717, 1.165) is 0 Å². The highest BCUT2D eigenvalue weighted by atomic mass is 16.7. The summed E-state index contributed by atoms with van der Waals surface area (Å²) in [6.45, 7) is 2.92. The van der Waals surface area contributed by atoms with Gasteiger partial charge in [-0.2, -0.15) is 0 Å². The van der Waals surface area contributed by atoms with Crippen molar-refractivity contribution in [2.24, 2.45) is 5.73 Å². The first kappa shape index (κ1) is 14.6. The number of anilines is 1. The molecule has 7 heteroatoms. The van der Waals surface area contributed by atoms with Crippen LogP contribution in [0.25, 0.3) is 0 Å². The molecule has 1 aliphatic rings. The maximum atomic E-state index is 11.7. The molecule has 0 unspecified atom stereocenters. The zero-order chi connectivity index (χ0) is 15.6. The van der Waals surface area contributed by atoms with E-state index in [4.69, 9.17) is 15.2 Å². The van der Waals surface area contributed by atoms with Gasteiger partial charge in [0.2, 0.25) is 5.91 Å². The van der Waals surface area contributed by atoms with Gasteiger partial charge in [-0.1, -0.05) is 6.07 Å². The normalized spacial score (nSPS) is 16.8. The largest absolute Gasteiger partial charge is 0.419 e. The lowest BCUT2D eigenvalue weighted by Crippen LogP contribution is -2.42. The van der Waals surface area contributed by atoms with Crippen molar-refractivity contribution in [3.63, 3.8) is 0 Å². The molecular weight excluding hydrogens is 276 g/mol. The van der Waals surface area contributed by atoms with Gasteiger partial charge in [-0.3, -0.25) is 4.79 Å². The van der Waals surface area contributed by atoms with Gasteiger partial charge in [-0.05, 0) is 18.2 Å². The standard InChI is InChI=1S/C14H14N2O5/c1-14(2)20-12(18)10(13(19)21-14)7-16-9-5-3-4-8(6-9)11(15)17/h3-7,16H,1-2H3,(H2,15,17). The van der Waals surface area contributed by atoms with E-state index >= 15 is 0 Å². The zero-order valence-corrected chi connectivity index (χ0v) is 11.5. The summed E-state index contributed by atoms with van der Waals surface area (Å²) in [6, 6.07) is 6.30. The van der Waals surface area contributed by atoms with Crippen molar-refractivity contribution >= 4 is 23.5 Å². The number of ether oxygens (including phenoxy) is 2. The number of hydrogen-bond acceptors (Lipinski definition) is 6. The maximum absolute atomic E-state index is 11.7. The van der Waals surface area contributed by atoms with E-state index in [1.165, 1.54) is 26.1 Å². The number of benzene rings is 1. The summed E-state index contributed by atoms with van der Waals surface area (Å²) in [5.41, 5.74) is 5.69. The minimum absolute atomic E-state index is 0.265. The summed E-state index contributed by atoms with van der Waals surface area (Å²) in [7, 11) is 0. The van der Waals surface area contributed by atoms with Crippen molar-refractivity contribution in [3.8, 4) is 0 Å². The maximum Gasteiger partial charge on any atom is 0.350 e. The Morgan fingerprint density at radius 3 is 2.43 bits per heavy atom. The average Bonchev–Trinajstić information content (AvgIpc) is 2.36. The Bertz CT molecular complexity index is 627. The molecule has 1 aliphatic heterocycles. The van der Waals surface area contributed by atoms with Gasteiger partial charge in [0, 0.05) is 31.3 Å². The molecule has 0 bridgehead atoms. The van der Waals surface area contributed by atoms with Crippen LogP contribution >= 0.6 is 0 Å². The van der Waals surface area contributed by atoms with Crippen molar-refractivity contribution in [2.75, 3.05) is 5.32 Å². The van der Waals surface area contributed by atoms with E-state index in [1.807, 2.05) is 0 Å². The summed E-state index contributed by atoms with van der Waals surface area (Å²) in [4.78, 5) is 34.5. The van der Waals surface area contributed by atoms with E-state index in [0.29, 0.717) is 11.3 Å². The second kappa shape index (κ2) is 5.28. The van der Waals surface area contributed by atoms with Crippen LogP contribution in [-0.4, -0.2) is 23.6 Å². The van der Waals surface area contributed by atoms with E-state index in [-0.39, 0.29) is 5.57 Å². The fourth-order valence-electron chi connectivity index (χ4n) is 1.70. The lowest BCUT2D eigenvalue weighted by Gasteiger charge is -2.29. The molecule has 1 amide bonds. The van der Waals surface area contributed by atoms with Gasteiger partial charge in [0.05, 0.1) is 0 Å². The number of carbonyl (C=O) groups is 3. The van der Waals surface area contributed by atoms with Crippen LogP contribution in [0.3, 0.4) is 0 Å². The van der Waals surface area contributed by atoms with Crippen molar-refractivity contribution in [1.82, 2.24) is 0 Å². The lowest BCUT2D eigenvalue weighted by molar-refractivity contribution is -0.222. The molecule has 0 atom stereocenters. The van der Waals surface area contributed by atoms with Crippen LogP contribution in [0.1, 0.15) is 24.2 Å². The fraction of sp³-hybridized carbons (Fsp3) is 0.214. The third-order valence-corrected chi connectivity index (χ3v) is 2.65. The molecule has 7 nitrogen and oxygen atoms in total. The number of hydrogen-bond donors (Lipinski definition) is 2. The highest BCUT2D eigenvalue weighted by Gasteiger charge is 2.38. The number of esters is 2. The van der Waals surface area contributed by atoms with Crippen LogP contribution in [0.2, 0.25) is 0 Å². The summed E-state index contributed by atoms with van der Waals surface area (Å²) >= 11 is 0. The first-order chi connectivity index (χ1) is 9.78. The van der Waals surface area contributed by atoms with Gasteiger partial charge in [0.1, 0.15) is 0 Å². The fourth-order valence-corrected chi connectivity index (χ4v) is 1.70. The van der Waals surface area contributed by atoms with Crippen molar-refractivity contribution < 1.29 is 23.9 Å². The predicted molar refractivity (Wildman–Crippen MR) is 72.9 cm³/mol. The smallest absolute Gasteiger partial charge is 0.350 e. The van der Waals surface area contributed by atoms with E-state index < -0.39 is 23.6 Å².